The number of rotatable bonds is 7. The molecule has 4 heteroatoms. The first-order chi connectivity index (χ1) is 8.63. The minimum atomic E-state index is -0.0497. The van der Waals surface area contributed by atoms with Gasteiger partial charge in [0.25, 0.3) is 5.91 Å². The first-order valence-corrected chi connectivity index (χ1v) is 6.61. The van der Waals surface area contributed by atoms with Crippen LogP contribution in [0.5, 0.6) is 0 Å². The van der Waals surface area contributed by atoms with Gasteiger partial charge in [-0.15, -0.1) is 0 Å². The summed E-state index contributed by atoms with van der Waals surface area (Å²) in [5, 5.41) is 6.09. The largest absolute Gasteiger partial charge is 0.370 e. The molecule has 18 heavy (non-hydrogen) atoms. The summed E-state index contributed by atoms with van der Waals surface area (Å²) in [5.74, 6) is 1.34. The first kappa shape index (κ1) is 14.5. The maximum absolute atomic E-state index is 11.7. The summed E-state index contributed by atoms with van der Waals surface area (Å²) in [6.45, 7) is 7.99. The van der Waals surface area contributed by atoms with Crippen LogP contribution in [-0.2, 0) is 0 Å². The lowest BCUT2D eigenvalue weighted by Gasteiger charge is -2.08. The standard InChI is InChI=1S/C14H23N3O/c1-4-5-8-15-14(18)12-6-7-13(17-10-12)16-9-11(2)3/h6-7,10-11H,4-5,8-9H2,1-3H3,(H,15,18)(H,16,17). The second kappa shape index (κ2) is 7.69. The van der Waals surface area contributed by atoms with Gasteiger partial charge in [-0.1, -0.05) is 27.2 Å². The zero-order chi connectivity index (χ0) is 13.4. The van der Waals surface area contributed by atoms with E-state index in [-0.39, 0.29) is 5.91 Å². The first-order valence-electron chi connectivity index (χ1n) is 6.61. The number of aromatic nitrogens is 1. The quantitative estimate of drug-likeness (QED) is 0.730. The van der Waals surface area contributed by atoms with Crippen molar-refractivity contribution in [3.8, 4) is 0 Å². The molecule has 0 unspecified atom stereocenters. The molecule has 100 valence electrons. The van der Waals surface area contributed by atoms with Crippen LogP contribution in [-0.4, -0.2) is 24.0 Å². The fourth-order valence-electron chi connectivity index (χ4n) is 1.42. The fourth-order valence-corrected chi connectivity index (χ4v) is 1.42. The SMILES string of the molecule is CCCCNC(=O)c1ccc(NCC(C)C)nc1. The summed E-state index contributed by atoms with van der Waals surface area (Å²) in [7, 11) is 0. The van der Waals surface area contributed by atoms with Crippen molar-refractivity contribution in [3.63, 3.8) is 0 Å². The van der Waals surface area contributed by atoms with Crippen LogP contribution in [0.25, 0.3) is 0 Å². The van der Waals surface area contributed by atoms with Crippen molar-refractivity contribution in [2.24, 2.45) is 5.92 Å². The molecule has 1 rings (SSSR count). The Hall–Kier alpha value is -1.58. The summed E-state index contributed by atoms with van der Waals surface area (Å²) >= 11 is 0. The van der Waals surface area contributed by atoms with Gasteiger partial charge >= 0.3 is 0 Å². The highest BCUT2D eigenvalue weighted by Crippen LogP contribution is 2.06. The number of nitrogens with one attached hydrogen (secondary N) is 2. The molecule has 0 aliphatic rings. The monoisotopic (exact) mass is 249 g/mol. The van der Waals surface area contributed by atoms with E-state index in [1.807, 2.05) is 6.07 Å². The van der Waals surface area contributed by atoms with Gasteiger partial charge in [0.05, 0.1) is 5.56 Å². The summed E-state index contributed by atoms with van der Waals surface area (Å²) in [4.78, 5) is 16.0. The molecular formula is C14H23N3O. The van der Waals surface area contributed by atoms with E-state index in [9.17, 15) is 4.79 Å². The highest BCUT2D eigenvalue weighted by molar-refractivity contribution is 5.93. The lowest BCUT2D eigenvalue weighted by atomic mass is 10.2. The molecule has 0 aliphatic heterocycles. The Morgan fingerprint density at radius 3 is 2.72 bits per heavy atom. The van der Waals surface area contributed by atoms with E-state index in [1.54, 1.807) is 12.3 Å². The van der Waals surface area contributed by atoms with Crippen LogP contribution in [0.4, 0.5) is 5.82 Å². The predicted octanol–water partition coefficient (Wildman–Crippen LogP) is 2.68. The second-order valence-corrected chi connectivity index (χ2v) is 4.82. The summed E-state index contributed by atoms with van der Waals surface area (Å²) in [6.07, 6.45) is 3.70. The van der Waals surface area contributed by atoms with Crippen molar-refractivity contribution in [2.75, 3.05) is 18.4 Å². The average molecular weight is 249 g/mol. The Balaban J connectivity index is 2.46. The number of hydrogen-bond acceptors (Lipinski definition) is 3. The topological polar surface area (TPSA) is 54.0 Å². The Morgan fingerprint density at radius 1 is 1.39 bits per heavy atom. The fraction of sp³-hybridized carbons (Fsp3) is 0.571. The Labute approximate surface area is 109 Å². The molecule has 4 nitrogen and oxygen atoms in total. The van der Waals surface area contributed by atoms with Gasteiger partial charge in [-0.2, -0.15) is 0 Å². The van der Waals surface area contributed by atoms with Crippen LogP contribution >= 0.6 is 0 Å². The summed E-state index contributed by atoms with van der Waals surface area (Å²) < 4.78 is 0. The third-order valence-electron chi connectivity index (χ3n) is 2.53. The molecule has 0 saturated carbocycles. The molecule has 0 atom stereocenters. The van der Waals surface area contributed by atoms with E-state index >= 15 is 0 Å². The third kappa shape index (κ3) is 5.17. The van der Waals surface area contributed by atoms with Crippen LogP contribution < -0.4 is 10.6 Å². The van der Waals surface area contributed by atoms with Gasteiger partial charge in [0.1, 0.15) is 5.82 Å². The number of hydrogen-bond donors (Lipinski definition) is 2. The van der Waals surface area contributed by atoms with Gasteiger partial charge in [-0.25, -0.2) is 4.98 Å². The molecular weight excluding hydrogens is 226 g/mol. The molecule has 0 aliphatic carbocycles. The second-order valence-electron chi connectivity index (χ2n) is 4.82. The van der Waals surface area contributed by atoms with Crippen molar-refractivity contribution in [2.45, 2.75) is 33.6 Å². The van der Waals surface area contributed by atoms with Crippen LogP contribution in [0.3, 0.4) is 0 Å². The van der Waals surface area contributed by atoms with Gasteiger partial charge in [0.2, 0.25) is 0 Å². The number of carbonyl (C=O) groups is 1. The number of anilines is 1. The molecule has 0 fully saturated rings. The molecule has 2 N–H and O–H groups in total. The highest BCUT2D eigenvalue weighted by Gasteiger charge is 2.05. The molecule has 0 aromatic carbocycles. The van der Waals surface area contributed by atoms with Crippen LogP contribution in [0, 0.1) is 5.92 Å². The maximum atomic E-state index is 11.7. The van der Waals surface area contributed by atoms with Gasteiger partial charge in [0.15, 0.2) is 0 Å². The molecule has 1 amide bonds. The van der Waals surface area contributed by atoms with Gasteiger partial charge in [-0.05, 0) is 24.5 Å². The van der Waals surface area contributed by atoms with Gasteiger partial charge in [-0.3, -0.25) is 4.79 Å². The van der Waals surface area contributed by atoms with Crippen LogP contribution in [0.15, 0.2) is 18.3 Å². The molecule has 1 aromatic rings. The number of amides is 1. The van der Waals surface area contributed by atoms with Gasteiger partial charge < -0.3 is 10.6 Å². The number of nitrogens with zero attached hydrogens (tertiary/aromatic N) is 1. The van der Waals surface area contributed by atoms with Crippen molar-refractivity contribution in [1.29, 1.82) is 0 Å². The van der Waals surface area contributed by atoms with E-state index in [2.05, 4.69) is 36.4 Å². The Kier molecular flexibility index (Phi) is 6.19. The van der Waals surface area contributed by atoms with Crippen molar-refractivity contribution in [3.05, 3.63) is 23.9 Å². The summed E-state index contributed by atoms with van der Waals surface area (Å²) in [5.41, 5.74) is 0.612. The van der Waals surface area contributed by atoms with E-state index in [4.69, 9.17) is 0 Å². The minimum absolute atomic E-state index is 0.0497. The maximum Gasteiger partial charge on any atom is 0.252 e. The van der Waals surface area contributed by atoms with E-state index < -0.39 is 0 Å². The normalized spacial score (nSPS) is 10.4. The minimum Gasteiger partial charge on any atom is -0.370 e. The zero-order valence-electron chi connectivity index (χ0n) is 11.5. The number of pyridine rings is 1. The van der Waals surface area contributed by atoms with Crippen molar-refractivity contribution < 1.29 is 4.79 Å². The van der Waals surface area contributed by atoms with E-state index in [0.717, 1.165) is 31.7 Å². The van der Waals surface area contributed by atoms with Gasteiger partial charge in [0, 0.05) is 19.3 Å². The Morgan fingerprint density at radius 2 is 2.17 bits per heavy atom. The zero-order valence-corrected chi connectivity index (χ0v) is 11.5. The molecule has 1 heterocycles. The van der Waals surface area contributed by atoms with Crippen molar-refractivity contribution in [1.82, 2.24) is 10.3 Å². The summed E-state index contributed by atoms with van der Waals surface area (Å²) in [6, 6.07) is 3.65. The third-order valence-corrected chi connectivity index (χ3v) is 2.53. The lowest BCUT2D eigenvalue weighted by Crippen LogP contribution is -2.24. The van der Waals surface area contributed by atoms with E-state index in [0.29, 0.717) is 11.5 Å². The highest BCUT2D eigenvalue weighted by atomic mass is 16.1. The predicted molar refractivity (Wildman–Crippen MR) is 74.8 cm³/mol. The molecule has 0 bridgehead atoms. The van der Waals surface area contributed by atoms with E-state index in [1.165, 1.54) is 0 Å². The number of carbonyl (C=O) groups excluding carboxylic acids is 1. The van der Waals surface area contributed by atoms with Crippen LogP contribution in [0.1, 0.15) is 44.0 Å². The molecule has 0 saturated heterocycles. The lowest BCUT2D eigenvalue weighted by molar-refractivity contribution is 0.0953. The smallest absolute Gasteiger partial charge is 0.252 e. The molecule has 1 aromatic heterocycles. The van der Waals surface area contributed by atoms with Crippen molar-refractivity contribution >= 4 is 11.7 Å². The Bertz CT molecular complexity index is 360. The average Bonchev–Trinajstić information content (AvgIpc) is 2.37. The molecule has 0 spiro atoms. The molecule has 0 radical (unpaired) electrons. The van der Waals surface area contributed by atoms with Crippen LogP contribution in [0.2, 0.25) is 0 Å². The number of unbranched alkanes of at least 4 members (excludes halogenated alkanes) is 1.